The number of carbonyl (C=O) groups excluding carboxylic acids is 1. The van der Waals surface area contributed by atoms with Gasteiger partial charge in [-0.3, -0.25) is 4.79 Å². The van der Waals surface area contributed by atoms with Crippen molar-refractivity contribution < 1.29 is 19.4 Å². The van der Waals surface area contributed by atoms with Crippen molar-refractivity contribution in [3.05, 3.63) is 0 Å². The van der Waals surface area contributed by atoms with Crippen LogP contribution in [0, 0.1) is 16.7 Å². The van der Waals surface area contributed by atoms with Crippen LogP contribution in [0.1, 0.15) is 38.5 Å². The Balaban J connectivity index is 1.65. The van der Waals surface area contributed by atoms with Gasteiger partial charge in [-0.2, -0.15) is 5.26 Å². The Morgan fingerprint density at radius 3 is 2.45 bits per heavy atom. The SMILES string of the molecule is N#CC1(C(=O)N2CCC3(CC2)OCCCC3O)CCOCC1. The molecule has 3 aliphatic rings. The van der Waals surface area contributed by atoms with E-state index in [2.05, 4.69) is 6.07 Å². The molecule has 6 nitrogen and oxygen atoms in total. The van der Waals surface area contributed by atoms with Crippen molar-refractivity contribution >= 4 is 5.91 Å². The van der Waals surface area contributed by atoms with Crippen LogP contribution in [-0.2, 0) is 14.3 Å². The van der Waals surface area contributed by atoms with E-state index in [1.807, 2.05) is 0 Å². The van der Waals surface area contributed by atoms with Crippen LogP contribution in [0.3, 0.4) is 0 Å². The third-order valence-corrected chi connectivity index (χ3v) is 5.49. The van der Waals surface area contributed by atoms with Gasteiger partial charge in [-0.05, 0) is 38.5 Å². The van der Waals surface area contributed by atoms with Gasteiger partial charge in [-0.25, -0.2) is 0 Å². The van der Waals surface area contributed by atoms with Gasteiger partial charge in [0.1, 0.15) is 5.41 Å². The molecule has 1 N–H and O–H groups in total. The van der Waals surface area contributed by atoms with E-state index in [1.54, 1.807) is 4.90 Å². The number of amides is 1. The molecule has 1 unspecified atom stereocenters. The minimum Gasteiger partial charge on any atom is -0.390 e. The first-order valence-corrected chi connectivity index (χ1v) is 8.22. The second-order valence-corrected chi connectivity index (χ2v) is 6.67. The van der Waals surface area contributed by atoms with Gasteiger partial charge < -0.3 is 19.5 Å². The number of ether oxygens (including phenoxy) is 2. The summed E-state index contributed by atoms with van der Waals surface area (Å²) in [6.07, 6.45) is 3.48. The van der Waals surface area contributed by atoms with Gasteiger partial charge in [0, 0.05) is 32.9 Å². The number of carbonyl (C=O) groups is 1. The van der Waals surface area contributed by atoms with Gasteiger partial charge in [-0.1, -0.05) is 0 Å². The molecule has 122 valence electrons. The van der Waals surface area contributed by atoms with E-state index in [-0.39, 0.29) is 5.91 Å². The Morgan fingerprint density at radius 2 is 1.86 bits per heavy atom. The normalized spacial score (nSPS) is 30.7. The first-order valence-electron chi connectivity index (χ1n) is 8.22. The summed E-state index contributed by atoms with van der Waals surface area (Å²) in [5.74, 6) is -0.0709. The Kier molecular flexibility index (Phi) is 4.40. The van der Waals surface area contributed by atoms with Crippen molar-refractivity contribution in [1.82, 2.24) is 4.90 Å². The van der Waals surface area contributed by atoms with Crippen LogP contribution in [-0.4, -0.2) is 60.5 Å². The fraction of sp³-hybridized carbons (Fsp3) is 0.875. The number of nitrogens with zero attached hydrogens (tertiary/aromatic N) is 2. The van der Waals surface area contributed by atoms with E-state index < -0.39 is 17.1 Å². The van der Waals surface area contributed by atoms with Gasteiger partial charge in [0.05, 0.1) is 17.8 Å². The number of nitriles is 1. The molecule has 0 aromatic rings. The van der Waals surface area contributed by atoms with E-state index in [1.165, 1.54) is 0 Å². The van der Waals surface area contributed by atoms with Crippen molar-refractivity contribution in [1.29, 1.82) is 5.26 Å². The number of likely N-dealkylation sites (tertiary alicyclic amines) is 1. The molecule has 0 aliphatic carbocycles. The van der Waals surface area contributed by atoms with E-state index in [0.29, 0.717) is 58.6 Å². The summed E-state index contributed by atoms with van der Waals surface area (Å²) in [7, 11) is 0. The van der Waals surface area contributed by atoms with Crippen molar-refractivity contribution in [3.63, 3.8) is 0 Å². The topological polar surface area (TPSA) is 82.8 Å². The average molecular weight is 308 g/mol. The minimum absolute atomic E-state index is 0.0709. The Morgan fingerprint density at radius 1 is 1.18 bits per heavy atom. The molecular weight excluding hydrogens is 284 g/mol. The molecule has 0 bridgehead atoms. The molecular formula is C16H24N2O4. The Labute approximate surface area is 131 Å². The highest BCUT2D eigenvalue weighted by Crippen LogP contribution is 2.38. The number of aliphatic hydroxyl groups is 1. The highest BCUT2D eigenvalue weighted by Gasteiger charge is 2.48. The molecule has 0 radical (unpaired) electrons. The zero-order valence-electron chi connectivity index (χ0n) is 12.9. The van der Waals surface area contributed by atoms with Gasteiger partial charge >= 0.3 is 0 Å². The standard InChI is InChI=1S/C16H24N2O4/c17-12-15(5-10-21-11-6-15)14(20)18-7-3-16(4-8-18)13(19)2-1-9-22-16/h13,19H,1-11H2. The van der Waals surface area contributed by atoms with E-state index in [4.69, 9.17) is 9.47 Å². The molecule has 0 aromatic heterocycles. The molecule has 6 heteroatoms. The lowest BCUT2D eigenvalue weighted by atomic mass is 9.78. The van der Waals surface area contributed by atoms with Crippen molar-refractivity contribution in [2.75, 3.05) is 32.9 Å². The summed E-state index contributed by atoms with van der Waals surface area (Å²) < 4.78 is 11.2. The quantitative estimate of drug-likeness (QED) is 0.776. The van der Waals surface area contributed by atoms with Gasteiger partial charge in [0.25, 0.3) is 0 Å². The van der Waals surface area contributed by atoms with Crippen LogP contribution < -0.4 is 0 Å². The largest absolute Gasteiger partial charge is 0.390 e. The maximum atomic E-state index is 12.8. The maximum absolute atomic E-state index is 12.8. The molecule has 22 heavy (non-hydrogen) atoms. The van der Waals surface area contributed by atoms with Gasteiger partial charge in [-0.15, -0.1) is 0 Å². The van der Waals surface area contributed by atoms with Crippen LogP contribution in [0.4, 0.5) is 0 Å². The fourth-order valence-electron chi connectivity index (χ4n) is 3.87. The van der Waals surface area contributed by atoms with E-state index in [0.717, 1.165) is 12.8 Å². The highest BCUT2D eigenvalue weighted by molar-refractivity contribution is 5.85. The number of hydrogen-bond acceptors (Lipinski definition) is 5. The van der Waals surface area contributed by atoms with Crippen molar-refractivity contribution in [3.8, 4) is 6.07 Å². The molecule has 0 saturated carbocycles. The molecule has 1 spiro atoms. The first kappa shape index (κ1) is 15.7. The van der Waals surface area contributed by atoms with Crippen LogP contribution in [0.25, 0.3) is 0 Å². The lowest BCUT2D eigenvalue weighted by Crippen LogP contribution is -2.58. The molecule has 3 rings (SSSR count). The summed E-state index contributed by atoms with van der Waals surface area (Å²) >= 11 is 0. The third kappa shape index (κ3) is 2.62. The summed E-state index contributed by atoms with van der Waals surface area (Å²) in [4.78, 5) is 14.6. The zero-order chi connectivity index (χ0) is 15.6. The summed E-state index contributed by atoms with van der Waals surface area (Å²) in [6, 6.07) is 2.24. The van der Waals surface area contributed by atoms with Gasteiger partial charge in [0.2, 0.25) is 5.91 Å². The lowest BCUT2D eigenvalue weighted by Gasteiger charge is -2.47. The Hall–Kier alpha value is -1.16. The van der Waals surface area contributed by atoms with Crippen molar-refractivity contribution in [2.45, 2.75) is 50.2 Å². The number of aliphatic hydroxyl groups excluding tert-OH is 1. The molecule has 3 fully saturated rings. The van der Waals surface area contributed by atoms with Crippen molar-refractivity contribution in [2.24, 2.45) is 5.41 Å². The molecule has 3 heterocycles. The fourth-order valence-corrected chi connectivity index (χ4v) is 3.87. The number of rotatable bonds is 1. The van der Waals surface area contributed by atoms with E-state index >= 15 is 0 Å². The third-order valence-electron chi connectivity index (χ3n) is 5.49. The van der Waals surface area contributed by atoms with Gasteiger partial charge in [0.15, 0.2) is 0 Å². The zero-order valence-corrected chi connectivity index (χ0v) is 12.9. The Bertz CT molecular complexity index is 459. The minimum atomic E-state index is -0.922. The first-order chi connectivity index (χ1) is 10.6. The summed E-state index contributed by atoms with van der Waals surface area (Å²) in [5.41, 5.74) is -1.40. The second kappa shape index (κ2) is 6.15. The van der Waals surface area contributed by atoms with Crippen LogP contribution in [0.5, 0.6) is 0 Å². The number of hydrogen-bond donors (Lipinski definition) is 1. The molecule has 3 saturated heterocycles. The molecule has 0 aromatic carbocycles. The van der Waals surface area contributed by atoms with Crippen LogP contribution in [0.2, 0.25) is 0 Å². The molecule has 1 amide bonds. The highest BCUT2D eigenvalue weighted by atomic mass is 16.5. The molecule has 3 aliphatic heterocycles. The maximum Gasteiger partial charge on any atom is 0.243 e. The van der Waals surface area contributed by atoms with E-state index in [9.17, 15) is 15.2 Å². The van der Waals surface area contributed by atoms with Crippen LogP contribution in [0.15, 0.2) is 0 Å². The lowest BCUT2D eigenvalue weighted by molar-refractivity contribution is -0.182. The molecule has 1 atom stereocenters. The monoisotopic (exact) mass is 308 g/mol. The average Bonchev–Trinajstić information content (AvgIpc) is 2.58. The summed E-state index contributed by atoms with van der Waals surface area (Å²) in [6.45, 7) is 2.74. The predicted octanol–water partition coefficient (Wildman–Crippen LogP) is 0.839. The smallest absolute Gasteiger partial charge is 0.243 e. The summed E-state index contributed by atoms with van der Waals surface area (Å²) in [5, 5.41) is 19.8. The van der Waals surface area contributed by atoms with Crippen LogP contribution >= 0.6 is 0 Å². The number of piperidine rings is 1. The predicted molar refractivity (Wildman–Crippen MR) is 77.8 cm³/mol. The second-order valence-electron chi connectivity index (χ2n) is 6.67.